The molecule has 10 heteroatoms. The summed E-state index contributed by atoms with van der Waals surface area (Å²) in [5.74, 6) is -0.271. The van der Waals surface area contributed by atoms with Crippen LogP contribution >= 0.6 is 11.8 Å². The maximum Gasteiger partial charge on any atom is 0.246 e. The third-order valence-corrected chi connectivity index (χ3v) is 7.97. The van der Waals surface area contributed by atoms with Gasteiger partial charge in [0.25, 0.3) is 0 Å². The van der Waals surface area contributed by atoms with Crippen LogP contribution < -0.4 is 0 Å². The molecule has 0 bridgehead atoms. The van der Waals surface area contributed by atoms with E-state index in [0.717, 1.165) is 27.7 Å². The summed E-state index contributed by atoms with van der Waals surface area (Å²) in [6, 6.07) is 4.52. The van der Waals surface area contributed by atoms with Gasteiger partial charge in [0.05, 0.1) is 0 Å². The van der Waals surface area contributed by atoms with Gasteiger partial charge in [-0.25, -0.2) is 18.4 Å². The first-order valence-electron chi connectivity index (χ1n) is 10.1. The summed E-state index contributed by atoms with van der Waals surface area (Å²) in [5.41, 5.74) is 3.52. The molecule has 2 heterocycles. The number of hydrogen-bond donors (Lipinski definition) is 1. The van der Waals surface area contributed by atoms with Crippen LogP contribution in [0.2, 0.25) is 0 Å². The van der Waals surface area contributed by atoms with Crippen LogP contribution in [0.15, 0.2) is 28.3 Å². The summed E-state index contributed by atoms with van der Waals surface area (Å²) in [6.45, 7) is 6.68. The quantitative estimate of drug-likeness (QED) is 0.517. The molecule has 1 aromatic carbocycles. The Labute approximate surface area is 187 Å². The lowest BCUT2D eigenvalue weighted by Crippen LogP contribution is -2.50. The predicted molar refractivity (Wildman–Crippen MR) is 120 cm³/mol. The zero-order valence-electron chi connectivity index (χ0n) is 18.3. The molecule has 0 atom stereocenters. The fourth-order valence-corrected chi connectivity index (χ4v) is 5.74. The normalized spacial score (nSPS) is 15.3. The fraction of sp³-hybridized carbons (Fsp3) is 0.476. The van der Waals surface area contributed by atoms with Crippen molar-refractivity contribution in [2.24, 2.45) is 0 Å². The van der Waals surface area contributed by atoms with Gasteiger partial charge in [0, 0.05) is 44.0 Å². The SMILES string of the molecule is CSc1nc(C)c(CCC(=O)N2CCN(S(=O)(=O)c3cc(C)ccc3O)CC2)c(C)n1. The minimum atomic E-state index is -3.81. The maximum atomic E-state index is 12.9. The number of piperazine rings is 1. The highest BCUT2D eigenvalue weighted by atomic mass is 32.2. The van der Waals surface area contributed by atoms with Crippen LogP contribution in [0.5, 0.6) is 5.75 Å². The van der Waals surface area contributed by atoms with Crippen molar-refractivity contribution in [3.05, 3.63) is 40.7 Å². The molecular formula is C21H28N4O4S2. The Morgan fingerprint density at radius 3 is 2.29 bits per heavy atom. The molecule has 8 nitrogen and oxygen atoms in total. The lowest BCUT2D eigenvalue weighted by molar-refractivity contribution is -0.132. The molecule has 1 N–H and O–H groups in total. The molecule has 3 rings (SSSR count). The predicted octanol–water partition coefficient (Wildman–Crippen LogP) is 2.30. The average molecular weight is 465 g/mol. The van der Waals surface area contributed by atoms with E-state index in [0.29, 0.717) is 25.9 Å². The van der Waals surface area contributed by atoms with Crippen LogP contribution in [0.1, 0.15) is 28.9 Å². The summed E-state index contributed by atoms with van der Waals surface area (Å²) in [7, 11) is -3.81. The molecule has 1 saturated heterocycles. The topological polar surface area (TPSA) is 104 Å². The van der Waals surface area contributed by atoms with E-state index in [1.165, 1.54) is 28.2 Å². The molecule has 1 aromatic heterocycles. The third-order valence-electron chi connectivity index (χ3n) is 5.50. The smallest absolute Gasteiger partial charge is 0.246 e. The second kappa shape index (κ2) is 9.54. The van der Waals surface area contributed by atoms with Crippen LogP contribution in [0.4, 0.5) is 0 Å². The molecule has 0 unspecified atom stereocenters. The van der Waals surface area contributed by atoms with Crippen LogP contribution in [0.3, 0.4) is 0 Å². The second-order valence-electron chi connectivity index (χ2n) is 7.62. The number of carbonyl (C=O) groups is 1. The number of rotatable bonds is 6. The minimum absolute atomic E-state index is 0.0109. The number of hydrogen-bond acceptors (Lipinski definition) is 7. The molecule has 1 amide bonds. The minimum Gasteiger partial charge on any atom is -0.507 e. The van der Waals surface area contributed by atoms with E-state index in [-0.39, 0.29) is 29.6 Å². The Morgan fingerprint density at radius 1 is 1.10 bits per heavy atom. The van der Waals surface area contributed by atoms with Gasteiger partial charge in [-0.3, -0.25) is 4.79 Å². The van der Waals surface area contributed by atoms with Crippen molar-refractivity contribution >= 4 is 27.7 Å². The number of benzene rings is 1. The van der Waals surface area contributed by atoms with Crippen molar-refractivity contribution in [1.82, 2.24) is 19.2 Å². The van der Waals surface area contributed by atoms with Gasteiger partial charge < -0.3 is 10.0 Å². The molecule has 0 radical (unpaired) electrons. The van der Waals surface area contributed by atoms with Crippen molar-refractivity contribution in [3.63, 3.8) is 0 Å². The molecule has 0 aliphatic carbocycles. The second-order valence-corrected chi connectivity index (χ2v) is 10.3. The molecule has 1 aliphatic heterocycles. The molecule has 0 saturated carbocycles. The zero-order valence-corrected chi connectivity index (χ0v) is 19.9. The van der Waals surface area contributed by atoms with Gasteiger partial charge in [0.2, 0.25) is 15.9 Å². The molecule has 31 heavy (non-hydrogen) atoms. The lowest BCUT2D eigenvalue weighted by Gasteiger charge is -2.34. The zero-order chi connectivity index (χ0) is 22.8. The largest absolute Gasteiger partial charge is 0.507 e. The Morgan fingerprint density at radius 2 is 1.71 bits per heavy atom. The van der Waals surface area contributed by atoms with Gasteiger partial charge in [-0.15, -0.1) is 0 Å². The highest BCUT2D eigenvalue weighted by molar-refractivity contribution is 7.98. The highest BCUT2D eigenvalue weighted by Crippen LogP contribution is 2.27. The first-order valence-corrected chi connectivity index (χ1v) is 12.8. The Hall–Kier alpha value is -2.17. The fourth-order valence-electron chi connectivity index (χ4n) is 3.70. The Bertz CT molecular complexity index is 1060. The van der Waals surface area contributed by atoms with E-state index in [1.54, 1.807) is 17.9 Å². The van der Waals surface area contributed by atoms with Crippen LogP contribution in [-0.4, -0.2) is 71.0 Å². The van der Waals surface area contributed by atoms with E-state index in [1.807, 2.05) is 20.1 Å². The number of nitrogens with zero attached hydrogens (tertiary/aromatic N) is 4. The Balaban J connectivity index is 1.61. The monoisotopic (exact) mass is 464 g/mol. The van der Waals surface area contributed by atoms with Gasteiger partial charge in [-0.1, -0.05) is 17.8 Å². The first-order chi connectivity index (χ1) is 14.6. The molecule has 0 spiro atoms. The number of sulfonamides is 1. The third kappa shape index (κ3) is 5.19. The van der Waals surface area contributed by atoms with E-state index in [2.05, 4.69) is 9.97 Å². The number of aryl methyl sites for hydroxylation is 3. The first kappa shape index (κ1) is 23.5. The van der Waals surface area contributed by atoms with Gasteiger partial charge in [0.1, 0.15) is 10.6 Å². The summed E-state index contributed by atoms with van der Waals surface area (Å²) in [6.07, 6.45) is 2.81. The van der Waals surface area contributed by atoms with E-state index in [9.17, 15) is 18.3 Å². The summed E-state index contributed by atoms with van der Waals surface area (Å²) < 4.78 is 27.2. The van der Waals surface area contributed by atoms with Gasteiger partial charge in [-0.2, -0.15) is 4.31 Å². The number of aromatic hydroxyl groups is 1. The number of phenolic OH excluding ortho intramolecular Hbond substituents is 1. The number of thioether (sulfide) groups is 1. The standard InChI is InChI=1S/C21H28N4O4S2/c1-14-5-7-18(26)19(13-14)31(28,29)25-11-9-24(10-12-25)20(27)8-6-17-15(2)22-21(30-4)23-16(17)3/h5,7,13,26H,6,8-12H2,1-4H3. The Kier molecular flexibility index (Phi) is 7.23. The lowest BCUT2D eigenvalue weighted by atomic mass is 10.1. The summed E-state index contributed by atoms with van der Waals surface area (Å²) in [4.78, 5) is 23.2. The maximum absolute atomic E-state index is 12.9. The molecule has 168 valence electrons. The van der Waals surface area contributed by atoms with Crippen LogP contribution in [-0.2, 0) is 21.2 Å². The van der Waals surface area contributed by atoms with Crippen molar-refractivity contribution in [1.29, 1.82) is 0 Å². The van der Waals surface area contributed by atoms with Crippen molar-refractivity contribution in [2.75, 3.05) is 32.4 Å². The van der Waals surface area contributed by atoms with E-state index < -0.39 is 10.0 Å². The molecule has 1 aliphatic rings. The van der Waals surface area contributed by atoms with Gasteiger partial charge in [0.15, 0.2) is 5.16 Å². The molecule has 2 aromatic rings. The van der Waals surface area contributed by atoms with Gasteiger partial charge in [-0.05, 0) is 56.7 Å². The van der Waals surface area contributed by atoms with Crippen molar-refractivity contribution < 1.29 is 18.3 Å². The average Bonchev–Trinajstić information content (AvgIpc) is 2.74. The van der Waals surface area contributed by atoms with Crippen molar-refractivity contribution in [2.45, 2.75) is 43.7 Å². The van der Waals surface area contributed by atoms with Gasteiger partial charge >= 0.3 is 0 Å². The highest BCUT2D eigenvalue weighted by Gasteiger charge is 2.31. The van der Waals surface area contributed by atoms with E-state index >= 15 is 0 Å². The number of amides is 1. The summed E-state index contributed by atoms with van der Waals surface area (Å²) in [5, 5.41) is 10.7. The number of carbonyl (C=O) groups excluding carboxylic acids is 1. The number of aromatic nitrogens is 2. The van der Waals surface area contributed by atoms with Crippen LogP contribution in [0, 0.1) is 20.8 Å². The summed E-state index contributed by atoms with van der Waals surface area (Å²) >= 11 is 1.49. The van der Waals surface area contributed by atoms with Crippen molar-refractivity contribution in [3.8, 4) is 5.75 Å². The van der Waals surface area contributed by atoms with Crippen LogP contribution in [0.25, 0.3) is 0 Å². The number of phenols is 1. The molecular weight excluding hydrogens is 436 g/mol. The molecule has 1 fully saturated rings. The van der Waals surface area contributed by atoms with E-state index in [4.69, 9.17) is 0 Å².